The van der Waals surface area contributed by atoms with E-state index in [4.69, 9.17) is 6.57 Å². The van der Waals surface area contributed by atoms with Crippen LogP contribution in [0.25, 0.3) is 4.85 Å². The van der Waals surface area contributed by atoms with Gasteiger partial charge in [0.15, 0.2) is 0 Å². The molecule has 1 saturated carbocycles. The summed E-state index contributed by atoms with van der Waals surface area (Å²) in [6.07, 6.45) is 9.55. The summed E-state index contributed by atoms with van der Waals surface area (Å²) in [7, 11) is 2.12. The highest BCUT2D eigenvalue weighted by molar-refractivity contribution is 6.02. The van der Waals surface area contributed by atoms with Crippen molar-refractivity contribution in [1.29, 1.82) is 0 Å². The number of rotatable bonds is 9. The summed E-state index contributed by atoms with van der Waals surface area (Å²) in [4.78, 5) is 44.9. The normalized spacial score (nSPS) is 20.0. The van der Waals surface area contributed by atoms with Crippen molar-refractivity contribution in [3.05, 3.63) is 90.7 Å². The Labute approximate surface area is 265 Å². The largest absolute Gasteiger partial charge is 0.367 e. The number of nitrogens with one attached hydrogen (secondary N) is 3. The molecule has 0 spiro atoms. The van der Waals surface area contributed by atoms with E-state index in [0.29, 0.717) is 24.0 Å². The number of urea groups is 1. The van der Waals surface area contributed by atoms with Crippen LogP contribution in [0.2, 0.25) is 0 Å². The molecular formula is C34H41N9O2. The first-order chi connectivity index (χ1) is 21.8. The molecule has 3 heterocycles. The predicted molar refractivity (Wildman–Crippen MR) is 179 cm³/mol. The second-order valence-corrected chi connectivity index (χ2v) is 11.7. The van der Waals surface area contributed by atoms with Gasteiger partial charge in [-0.25, -0.2) is 9.64 Å². The van der Waals surface area contributed by atoms with Gasteiger partial charge in [0, 0.05) is 68.6 Å². The fourth-order valence-corrected chi connectivity index (χ4v) is 5.99. The molecule has 2 aliphatic rings. The van der Waals surface area contributed by atoms with E-state index in [2.05, 4.69) is 61.1 Å². The molecule has 1 atom stereocenters. The van der Waals surface area contributed by atoms with E-state index in [1.807, 2.05) is 41.3 Å². The van der Waals surface area contributed by atoms with Crippen LogP contribution >= 0.6 is 0 Å². The molecule has 45 heavy (non-hydrogen) atoms. The topological polar surface area (TPSA) is 110 Å². The van der Waals surface area contributed by atoms with Crippen LogP contribution in [0.3, 0.4) is 0 Å². The molecule has 1 saturated heterocycles. The number of piperazine rings is 1. The summed E-state index contributed by atoms with van der Waals surface area (Å²) in [5.74, 6) is 0.445. The molecule has 1 aliphatic heterocycles. The summed E-state index contributed by atoms with van der Waals surface area (Å²) < 4.78 is 0. The van der Waals surface area contributed by atoms with Crippen LogP contribution in [0, 0.1) is 6.57 Å². The summed E-state index contributed by atoms with van der Waals surface area (Å²) >= 11 is 0. The fraction of sp³-hybridized carbons (Fsp3) is 0.382. The van der Waals surface area contributed by atoms with Crippen molar-refractivity contribution < 1.29 is 9.59 Å². The van der Waals surface area contributed by atoms with Crippen molar-refractivity contribution in [2.24, 2.45) is 0 Å². The third kappa shape index (κ3) is 7.96. The third-order valence-corrected chi connectivity index (χ3v) is 8.68. The molecule has 2 fully saturated rings. The minimum Gasteiger partial charge on any atom is -0.367 e. The number of aromatic nitrogens is 2. The molecule has 5 rings (SSSR count). The molecule has 2 aromatic heterocycles. The van der Waals surface area contributed by atoms with Crippen molar-refractivity contribution in [1.82, 2.24) is 20.2 Å². The van der Waals surface area contributed by atoms with Gasteiger partial charge < -0.3 is 25.8 Å². The molecule has 1 aliphatic carbocycles. The molecule has 11 nitrogen and oxygen atoms in total. The van der Waals surface area contributed by atoms with Gasteiger partial charge in [-0.15, -0.1) is 0 Å². The van der Waals surface area contributed by atoms with E-state index in [1.165, 1.54) is 6.08 Å². The number of carbonyl (C=O) groups is 2. The minimum atomic E-state index is -0.298. The Hall–Kier alpha value is -4.95. The van der Waals surface area contributed by atoms with Gasteiger partial charge in [-0.2, -0.15) is 0 Å². The lowest BCUT2D eigenvalue weighted by molar-refractivity contribution is -0.111. The zero-order valence-corrected chi connectivity index (χ0v) is 25.9. The maximum Gasteiger partial charge on any atom is 0.322 e. The number of hydrogen-bond donors (Lipinski definition) is 3. The van der Waals surface area contributed by atoms with Crippen molar-refractivity contribution in [3.8, 4) is 0 Å². The average molecular weight is 608 g/mol. The number of likely N-dealkylation sites (N-methyl/N-ethyl adjacent to an activating group) is 1. The zero-order chi connectivity index (χ0) is 31.8. The maximum atomic E-state index is 13.9. The lowest BCUT2D eigenvalue weighted by Gasteiger charge is -2.40. The lowest BCUT2D eigenvalue weighted by atomic mass is 9.89. The summed E-state index contributed by atoms with van der Waals surface area (Å²) in [6.45, 7) is 15.9. The fourth-order valence-electron chi connectivity index (χ4n) is 5.99. The Balaban J connectivity index is 1.39. The van der Waals surface area contributed by atoms with Gasteiger partial charge in [0.2, 0.25) is 11.6 Å². The number of nitrogens with zero attached hydrogens (tertiary/aromatic N) is 6. The Morgan fingerprint density at radius 1 is 1.13 bits per heavy atom. The minimum absolute atomic E-state index is 0.0492. The summed E-state index contributed by atoms with van der Waals surface area (Å²) in [5, 5.41) is 9.59. The van der Waals surface area contributed by atoms with Gasteiger partial charge >= 0.3 is 6.03 Å². The second-order valence-electron chi connectivity index (χ2n) is 11.7. The Kier molecular flexibility index (Phi) is 10.3. The van der Waals surface area contributed by atoms with Crippen LogP contribution in [0.4, 0.5) is 33.4 Å². The molecule has 0 bridgehead atoms. The number of hydrogen-bond acceptors (Lipinski definition) is 7. The van der Waals surface area contributed by atoms with Crippen LogP contribution in [0.15, 0.2) is 73.7 Å². The molecule has 0 radical (unpaired) electrons. The van der Waals surface area contributed by atoms with Crippen molar-refractivity contribution in [2.45, 2.75) is 57.3 Å². The standard InChI is InChI=1S/C34H41N9O2/c1-5-33(44)40-30-19-29(13-14-31(30)42-18-17-41(4)24(2)23-42)43(34(45)38-21-25-7-6-16-36-20-25)28-11-8-26(9-12-28)39-32-15-10-27(35-3)22-37-32/h5-7,10,13-16,19-20,22,24,26,28H,1,8-9,11-12,17-18,21,23H2,2,4H3,(H,37,39)(H,38,45)(H,40,44)/t24-,26?,28?/m0/s1. The molecule has 3 N–H and O–H groups in total. The van der Waals surface area contributed by atoms with E-state index in [1.54, 1.807) is 24.7 Å². The number of pyridine rings is 2. The molecule has 11 heteroatoms. The summed E-state index contributed by atoms with van der Waals surface area (Å²) in [5.41, 5.74) is 3.72. The predicted octanol–water partition coefficient (Wildman–Crippen LogP) is 5.43. The van der Waals surface area contributed by atoms with Crippen LogP contribution in [0.1, 0.15) is 38.2 Å². The highest BCUT2D eigenvalue weighted by Gasteiger charge is 2.31. The van der Waals surface area contributed by atoms with E-state index in [-0.39, 0.29) is 24.0 Å². The van der Waals surface area contributed by atoms with Crippen LogP contribution in [-0.4, -0.2) is 71.6 Å². The molecule has 3 aromatic rings. The van der Waals surface area contributed by atoms with Gasteiger partial charge in [0.05, 0.1) is 17.9 Å². The summed E-state index contributed by atoms with van der Waals surface area (Å²) in [6, 6.07) is 13.6. The molecule has 3 amide bonds. The van der Waals surface area contributed by atoms with Gasteiger partial charge in [-0.3, -0.25) is 19.7 Å². The van der Waals surface area contributed by atoms with E-state index in [9.17, 15) is 9.59 Å². The maximum absolute atomic E-state index is 13.9. The van der Waals surface area contributed by atoms with E-state index >= 15 is 0 Å². The third-order valence-electron chi connectivity index (χ3n) is 8.68. The van der Waals surface area contributed by atoms with Crippen molar-refractivity contribution in [2.75, 3.05) is 47.1 Å². The molecule has 234 valence electrons. The first-order valence-corrected chi connectivity index (χ1v) is 15.4. The smallest absolute Gasteiger partial charge is 0.322 e. The van der Waals surface area contributed by atoms with E-state index in [0.717, 1.165) is 68.1 Å². The first kappa shape index (κ1) is 31.5. The second kappa shape index (κ2) is 14.7. The van der Waals surface area contributed by atoms with E-state index < -0.39 is 0 Å². The number of benzene rings is 1. The highest BCUT2D eigenvalue weighted by Crippen LogP contribution is 2.36. The average Bonchev–Trinajstić information content (AvgIpc) is 3.07. The van der Waals surface area contributed by atoms with Gasteiger partial charge in [0.25, 0.3) is 0 Å². The molecular weight excluding hydrogens is 566 g/mol. The van der Waals surface area contributed by atoms with Crippen LogP contribution in [-0.2, 0) is 11.3 Å². The number of amides is 3. The first-order valence-electron chi connectivity index (χ1n) is 15.4. The molecule has 0 unspecified atom stereocenters. The Morgan fingerprint density at radius 3 is 2.62 bits per heavy atom. The monoisotopic (exact) mass is 607 g/mol. The lowest BCUT2D eigenvalue weighted by Crippen LogP contribution is -2.50. The van der Waals surface area contributed by atoms with Crippen LogP contribution < -0.4 is 25.8 Å². The quantitative estimate of drug-likeness (QED) is 0.220. The Morgan fingerprint density at radius 2 is 1.96 bits per heavy atom. The van der Waals surface area contributed by atoms with Gasteiger partial charge in [0.1, 0.15) is 5.82 Å². The zero-order valence-electron chi connectivity index (χ0n) is 25.9. The van der Waals surface area contributed by atoms with Crippen molar-refractivity contribution >= 4 is 40.5 Å². The molecule has 1 aromatic carbocycles. The highest BCUT2D eigenvalue weighted by atomic mass is 16.2. The van der Waals surface area contributed by atoms with Crippen molar-refractivity contribution in [3.63, 3.8) is 0 Å². The van der Waals surface area contributed by atoms with Gasteiger partial charge in [-0.05, 0) is 81.6 Å². The SMILES string of the molecule is [C-]#[N+]c1ccc(NC2CCC(N(C(=O)NCc3cccnc3)c3ccc(N4CCN(C)[C@@H](C)C4)c(NC(=O)C=C)c3)CC2)nc1. The Bertz CT molecular complexity index is 1510. The number of carbonyl (C=O) groups excluding carboxylic acids is 2. The number of anilines is 4. The van der Waals surface area contributed by atoms with Crippen LogP contribution in [0.5, 0.6) is 0 Å². The van der Waals surface area contributed by atoms with Gasteiger partial charge in [-0.1, -0.05) is 18.7 Å².